The first-order valence-corrected chi connectivity index (χ1v) is 11.7. The molecule has 0 saturated carbocycles. The lowest BCUT2D eigenvalue weighted by Gasteiger charge is -2.33. The Morgan fingerprint density at radius 3 is 2.52 bits per heavy atom. The molecule has 2 heterocycles. The zero-order valence-corrected chi connectivity index (χ0v) is 18.8. The van der Waals surface area contributed by atoms with Crippen molar-refractivity contribution >= 4 is 5.96 Å². The molecule has 1 aromatic rings. The topological polar surface area (TPSA) is 42.9 Å². The molecule has 1 atom stereocenters. The van der Waals surface area contributed by atoms with Gasteiger partial charge in [-0.05, 0) is 62.2 Å². The van der Waals surface area contributed by atoms with Crippen LogP contribution in [0.25, 0.3) is 0 Å². The van der Waals surface area contributed by atoms with Gasteiger partial charge >= 0.3 is 0 Å². The Morgan fingerprint density at radius 2 is 1.83 bits per heavy atom. The van der Waals surface area contributed by atoms with E-state index in [0.29, 0.717) is 6.04 Å². The lowest BCUT2D eigenvalue weighted by molar-refractivity contribution is 0.176. The molecule has 2 aliphatic rings. The van der Waals surface area contributed by atoms with Crippen molar-refractivity contribution in [3.63, 3.8) is 0 Å². The van der Waals surface area contributed by atoms with Gasteiger partial charge in [0.1, 0.15) is 0 Å². The highest BCUT2D eigenvalue weighted by Crippen LogP contribution is 2.19. The van der Waals surface area contributed by atoms with Crippen molar-refractivity contribution in [1.82, 2.24) is 20.4 Å². The van der Waals surface area contributed by atoms with Gasteiger partial charge in [-0.15, -0.1) is 0 Å². The summed E-state index contributed by atoms with van der Waals surface area (Å²) >= 11 is 0. The van der Waals surface area contributed by atoms with Gasteiger partial charge < -0.3 is 15.5 Å². The van der Waals surface area contributed by atoms with Crippen LogP contribution in [0.2, 0.25) is 0 Å². The van der Waals surface area contributed by atoms with Crippen molar-refractivity contribution in [2.45, 2.75) is 65.1 Å². The second kappa shape index (κ2) is 11.6. The first-order chi connectivity index (χ1) is 14.2. The average Bonchev–Trinajstić information content (AvgIpc) is 2.73. The van der Waals surface area contributed by atoms with Crippen LogP contribution < -0.4 is 10.6 Å². The fourth-order valence-electron chi connectivity index (χ4n) is 4.74. The Bertz CT molecular complexity index is 636. The van der Waals surface area contributed by atoms with Crippen LogP contribution in [0.3, 0.4) is 0 Å². The highest BCUT2D eigenvalue weighted by Gasteiger charge is 2.20. The SMILES string of the molecule is CCCN1CCC(NC(=NC)NCc2ccccc2CN2CCCC(C)C2)CC1. The third-order valence-electron chi connectivity index (χ3n) is 6.39. The van der Waals surface area contributed by atoms with Gasteiger partial charge in [0.2, 0.25) is 0 Å². The molecule has 2 saturated heterocycles. The predicted molar refractivity (Wildman–Crippen MR) is 123 cm³/mol. The Hall–Kier alpha value is -1.59. The van der Waals surface area contributed by atoms with Gasteiger partial charge in [0.05, 0.1) is 0 Å². The molecule has 5 nitrogen and oxygen atoms in total. The van der Waals surface area contributed by atoms with E-state index >= 15 is 0 Å². The number of piperidine rings is 2. The summed E-state index contributed by atoms with van der Waals surface area (Å²) in [4.78, 5) is 9.67. The second-order valence-electron chi connectivity index (χ2n) is 8.94. The summed E-state index contributed by atoms with van der Waals surface area (Å²) in [6.45, 7) is 12.6. The molecule has 3 rings (SSSR count). The van der Waals surface area contributed by atoms with E-state index in [1.54, 1.807) is 0 Å². The van der Waals surface area contributed by atoms with Gasteiger partial charge in [0, 0.05) is 45.8 Å². The van der Waals surface area contributed by atoms with Crippen molar-refractivity contribution in [2.75, 3.05) is 39.8 Å². The van der Waals surface area contributed by atoms with Gasteiger partial charge in [-0.1, -0.05) is 38.1 Å². The third-order valence-corrected chi connectivity index (χ3v) is 6.39. The maximum absolute atomic E-state index is 4.48. The Labute approximate surface area is 178 Å². The number of benzene rings is 1. The molecule has 0 radical (unpaired) electrons. The maximum Gasteiger partial charge on any atom is 0.191 e. The van der Waals surface area contributed by atoms with Gasteiger partial charge in [0.15, 0.2) is 5.96 Å². The summed E-state index contributed by atoms with van der Waals surface area (Å²) in [6, 6.07) is 9.39. The minimum Gasteiger partial charge on any atom is -0.354 e. The highest BCUT2D eigenvalue weighted by molar-refractivity contribution is 5.80. The molecule has 2 aliphatic heterocycles. The minimum atomic E-state index is 0.527. The average molecular weight is 400 g/mol. The number of nitrogens with zero attached hydrogens (tertiary/aromatic N) is 3. The van der Waals surface area contributed by atoms with E-state index in [-0.39, 0.29) is 0 Å². The predicted octanol–water partition coefficient (Wildman–Crippen LogP) is 3.46. The number of hydrogen-bond donors (Lipinski definition) is 2. The first kappa shape index (κ1) is 22.1. The normalized spacial score (nSPS) is 22.6. The third kappa shape index (κ3) is 7.00. The summed E-state index contributed by atoms with van der Waals surface area (Å²) in [6.07, 6.45) is 6.35. The van der Waals surface area contributed by atoms with E-state index in [4.69, 9.17) is 0 Å². The summed E-state index contributed by atoms with van der Waals surface area (Å²) < 4.78 is 0. The van der Waals surface area contributed by atoms with Crippen molar-refractivity contribution < 1.29 is 0 Å². The number of rotatable bonds is 7. The lowest BCUT2D eigenvalue weighted by Crippen LogP contribution is -2.48. The minimum absolute atomic E-state index is 0.527. The molecule has 162 valence electrons. The smallest absolute Gasteiger partial charge is 0.191 e. The molecular weight excluding hydrogens is 358 g/mol. The molecule has 0 aliphatic carbocycles. The molecule has 0 spiro atoms. The van der Waals surface area contributed by atoms with E-state index in [9.17, 15) is 0 Å². The number of aliphatic imine (C=N–C) groups is 1. The zero-order chi connectivity index (χ0) is 20.5. The summed E-state index contributed by atoms with van der Waals surface area (Å²) in [7, 11) is 1.88. The molecule has 1 aromatic carbocycles. The summed E-state index contributed by atoms with van der Waals surface area (Å²) in [5, 5.41) is 7.21. The van der Waals surface area contributed by atoms with Crippen LogP contribution in [0.15, 0.2) is 29.3 Å². The quantitative estimate of drug-likeness (QED) is 0.544. The lowest BCUT2D eigenvalue weighted by atomic mass is 9.99. The monoisotopic (exact) mass is 399 g/mol. The van der Waals surface area contributed by atoms with Crippen LogP contribution >= 0.6 is 0 Å². The van der Waals surface area contributed by atoms with E-state index in [2.05, 4.69) is 63.5 Å². The van der Waals surface area contributed by atoms with Crippen molar-refractivity contribution in [3.05, 3.63) is 35.4 Å². The summed E-state index contributed by atoms with van der Waals surface area (Å²) in [5.74, 6) is 1.75. The molecule has 29 heavy (non-hydrogen) atoms. The van der Waals surface area contributed by atoms with Crippen LogP contribution in [-0.4, -0.2) is 61.6 Å². The standard InChI is InChI=1S/C24H41N5/c1-4-13-28-15-11-23(12-16-28)27-24(25-3)26-17-21-9-5-6-10-22(21)19-29-14-7-8-20(2)18-29/h5-6,9-10,20,23H,4,7-8,11-19H2,1-3H3,(H2,25,26,27). The molecule has 5 heteroatoms. The Balaban J connectivity index is 1.49. The van der Waals surface area contributed by atoms with Crippen LogP contribution in [0, 0.1) is 5.92 Å². The fraction of sp³-hybridized carbons (Fsp3) is 0.708. The summed E-state index contributed by atoms with van der Waals surface area (Å²) in [5.41, 5.74) is 2.82. The van der Waals surface area contributed by atoms with Gasteiger partial charge in [-0.2, -0.15) is 0 Å². The van der Waals surface area contributed by atoms with Gasteiger partial charge in [-0.25, -0.2) is 0 Å². The molecule has 0 aromatic heterocycles. The second-order valence-corrected chi connectivity index (χ2v) is 8.94. The number of guanidine groups is 1. The Morgan fingerprint density at radius 1 is 1.07 bits per heavy atom. The largest absolute Gasteiger partial charge is 0.354 e. The van der Waals surface area contributed by atoms with E-state index in [1.807, 2.05) is 7.05 Å². The van der Waals surface area contributed by atoms with E-state index in [0.717, 1.165) is 25.0 Å². The van der Waals surface area contributed by atoms with Crippen LogP contribution in [0.1, 0.15) is 57.1 Å². The van der Waals surface area contributed by atoms with Crippen LogP contribution in [-0.2, 0) is 13.1 Å². The molecule has 0 bridgehead atoms. The number of hydrogen-bond acceptors (Lipinski definition) is 3. The first-order valence-electron chi connectivity index (χ1n) is 11.7. The fourth-order valence-corrected chi connectivity index (χ4v) is 4.74. The molecule has 1 unspecified atom stereocenters. The molecule has 2 N–H and O–H groups in total. The van der Waals surface area contributed by atoms with Crippen molar-refractivity contribution in [3.8, 4) is 0 Å². The van der Waals surface area contributed by atoms with Crippen molar-refractivity contribution in [1.29, 1.82) is 0 Å². The van der Waals surface area contributed by atoms with Crippen LogP contribution in [0.4, 0.5) is 0 Å². The number of likely N-dealkylation sites (tertiary alicyclic amines) is 2. The maximum atomic E-state index is 4.48. The van der Waals surface area contributed by atoms with Crippen molar-refractivity contribution in [2.24, 2.45) is 10.9 Å². The van der Waals surface area contributed by atoms with E-state index < -0.39 is 0 Å². The van der Waals surface area contributed by atoms with Crippen LogP contribution in [0.5, 0.6) is 0 Å². The van der Waals surface area contributed by atoms with Gasteiger partial charge in [0.25, 0.3) is 0 Å². The van der Waals surface area contributed by atoms with Gasteiger partial charge in [-0.3, -0.25) is 9.89 Å². The molecule has 2 fully saturated rings. The van der Waals surface area contributed by atoms with E-state index in [1.165, 1.54) is 76.0 Å². The molecular formula is C24H41N5. The molecule has 0 amide bonds. The highest BCUT2D eigenvalue weighted by atomic mass is 15.2. The Kier molecular flexibility index (Phi) is 8.81. The number of nitrogens with one attached hydrogen (secondary N) is 2. The zero-order valence-electron chi connectivity index (χ0n) is 18.8.